The molecule has 2 atom stereocenters. The number of halogens is 1. The van der Waals surface area contributed by atoms with Crippen LogP contribution in [0.15, 0.2) is 28.7 Å². The molecule has 1 aliphatic heterocycles. The lowest BCUT2D eigenvalue weighted by molar-refractivity contribution is 0.687. The lowest BCUT2D eigenvalue weighted by Gasteiger charge is -2.33. The van der Waals surface area contributed by atoms with Crippen molar-refractivity contribution in [2.24, 2.45) is 5.73 Å². The lowest BCUT2D eigenvalue weighted by Crippen LogP contribution is -2.37. The van der Waals surface area contributed by atoms with E-state index in [-0.39, 0.29) is 0 Å². The van der Waals surface area contributed by atoms with E-state index in [1.165, 1.54) is 5.56 Å². The van der Waals surface area contributed by atoms with E-state index in [1.807, 2.05) is 17.8 Å². The third kappa shape index (κ3) is 1.53. The van der Waals surface area contributed by atoms with Crippen LogP contribution in [-0.2, 0) is 0 Å². The predicted molar refractivity (Wildman–Crippen MR) is 57.3 cm³/mol. The van der Waals surface area contributed by atoms with Gasteiger partial charge in [-0.05, 0) is 17.7 Å². The van der Waals surface area contributed by atoms with Crippen molar-refractivity contribution in [2.75, 3.05) is 5.75 Å². The summed E-state index contributed by atoms with van der Waals surface area (Å²) in [7, 11) is 0. The Bertz CT molecular complexity index is 290. The van der Waals surface area contributed by atoms with Crippen molar-refractivity contribution >= 4 is 27.7 Å². The number of hydrogen-bond acceptors (Lipinski definition) is 2. The van der Waals surface area contributed by atoms with Crippen molar-refractivity contribution < 1.29 is 0 Å². The summed E-state index contributed by atoms with van der Waals surface area (Å²) in [6.07, 6.45) is 0. The number of thioether (sulfide) groups is 1. The van der Waals surface area contributed by atoms with Gasteiger partial charge in [-0.3, -0.25) is 0 Å². The maximum absolute atomic E-state index is 5.87. The zero-order valence-corrected chi connectivity index (χ0v) is 8.94. The van der Waals surface area contributed by atoms with Crippen molar-refractivity contribution in [3.63, 3.8) is 0 Å². The Morgan fingerprint density at radius 3 is 2.83 bits per heavy atom. The summed E-state index contributed by atoms with van der Waals surface area (Å²) in [5.41, 5.74) is 7.21. The predicted octanol–water partition coefficient (Wildman–Crippen LogP) is 2.56. The normalized spacial score (nSPS) is 28.2. The molecule has 1 heterocycles. The monoisotopic (exact) mass is 243 g/mol. The fourth-order valence-corrected chi connectivity index (χ4v) is 2.69. The zero-order valence-electron chi connectivity index (χ0n) is 6.53. The van der Waals surface area contributed by atoms with Gasteiger partial charge in [0, 0.05) is 21.5 Å². The van der Waals surface area contributed by atoms with E-state index in [2.05, 4.69) is 34.1 Å². The third-order valence-corrected chi connectivity index (χ3v) is 4.09. The molecule has 0 radical (unpaired) electrons. The fraction of sp³-hybridized carbons (Fsp3) is 0.333. The van der Waals surface area contributed by atoms with E-state index in [0.717, 1.165) is 10.2 Å². The van der Waals surface area contributed by atoms with Crippen molar-refractivity contribution in [3.8, 4) is 0 Å². The molecule has 64 valence electrons. The third-order valence-electron chi connectivity index (χ3n) is 2.03. The minimum Gasteiger partial charge on any atom is -0.326 e. The van der Waals surface area contributed by atoms with Crippen LogP contribution in [0, 0.1) is 0 Å². The molecule has 0 amide bonds. The molecule has 1 aromatic rings. The second-order valence-electron chi connectivity index (χ2n) is 2.97. The first kappa shape index (κ1) is 8.60. The zero-order chi connectivity index (χ0) is 8.55. The molecule has 1 fully saturated rings. The summed E-state index contributed by atoms with van der Waals surface area (Å²) in [5, 5.41) is 0.516. The van der Waals surface area contributed by atoms with Gasteiger partial charge in [0.05, 0.1) is 0 Å². The van der Waals surface area contributed by atoms with E-state index in [9.17, 15) is 0 Å². The highest BCUT2D eigenvalue weighted by Crippen LogP contribution is 2.41. The van der Waals surface area contributed by atoms with Crippen molar-refractivity contribution in [2.45, 2.75) is 11.3 Å². The highest BCUT2D eigenvalue weighted by molar-refractivity contribution is 9.10. The summed E-state index contributed by atoms with van der Waals surface area (Å²) in [6, 6.07) is 8.74. The minimum absolute atomic E-state index is 0.351. The number of benzene rings is 1. The van der Waals surface area contributed by atoms with E-state index in [0.29, 0.717) is 11.3 Å². The first-order chi connectivity index (χ1) is 5.77. The van der Waals surface area contributed by atoms with E-state index in [4.69, 9.17) is 5.73 Å². The van der Waals surface area contributed by atoms with E-state index in [1.54, 1.807) is 0 Å². The molecule has 1 nitrogen and oxygen atoms in total. The molecule has 0 aromatic heterocycles. The number of nitrogens with two attached hydrogens (primary N) is 1. The Labute approximate surface area is 84.9 Å². The van der Waals surface area contributed by atoms with Crippen LogP contribution in [-0.4, -0.2) is 11.8 Å². The van der Waals surface area contributed by atoms with Gasteiger partial charge < -0.3 is 5.73 Å². The standard InChI is InChI=1S/C9H10BrNS/c10-7-3-1-2-6(4-7)9-8(11)5-12-9/h1-4,8-9H,5,11H2. The van der Waals surface area contributed by atoms with Crippen LogP contribution in [0.1, 0.15) is 10.8 Å². The molecular formula is C9H10BrNS. The second-order valence-corrected chi connectivity index (χ2v) is 5.06. The minimum atomic E-state index is 0.351. The average Bonchev–Trinajstić information content (AvgIpc) is 2.02. The van der Waals surface area contributed by atoms with Gasteiger partial charge in [-0.25, -0.2) is 0 Å². The number of hydrogen-bond donors (Lipinski definition) is 1. The molecule has 0 aliphatic carbocycles. The summed E-state index contributed by atoms with van der Waals surface area (Å²) >= 11 is 5.38. The smallest absolute Gasteiger partial charge is 0.0457 e. The van der Waals surface area contributed by atoms with Crippen LogP contribution < -0.4 is 5.73 Å². The van der Waals surface area contributed by atoms with Gasteiger partial charge in [0.15, 0.2) is 0 Å². The molecule has 2 N–H and O–H groups in total. The molecule has 2 unspecified atom stereocenters. The Kier molecular flexibility index (Phi) is 2.44. The molecule has 2 rings (SSSR count). The Morgan fingerprint density at radius 2 is 2.33 bits per heavy atom. The fourth-order valence-electron chi connectivity index (χ4n) is 1.33. The van der Waals surface area contributed by atoms with Crippen LogP contribution in [0.5, 0.6) is 0 Å². The molecule has 1 aliphatic rings. The molecule has 3 heteroatoms. The van der Waals surface area contributed by atoms with Gasteiger partial charge >= 0.3 is 0 Å². The quantitative estimate of drug-likeness (QED) is 0.821. The summed E-state index contributed by atoms with van der Waals surface area (Å²) in [5.74, 6) is 1.09. The molecule has 1 saturated heterocycles. The van der Waals surface area contributed by atoms with E-state index >= 15 is 0 Å². The topological polar surface area (TPSA) is 26.0 Å². The van der Waals surface area contributed by atoms with Gasteiger partial charge in [-0.1, -0.05) is 28.1 Å². The Balaban J connectivity index is 2.22. The highest BCUT2D eigenvalue weighted by Gasteiger charge is 2.29. The summed E-state index contributed by atoms with van der Waals surface area (Å²) in [6.45, 7) is 0. The molecule has 0 bridgehead atoms. The van der Waals surface area contributed by atoms with Crippen molar-refractivity contribution in [3.05, 3.63) is 34.3 Å². The molecular weight excluding hydrogens is 234 g/mol. The molecule has 1 aromatic carbocycles. The molecule has 0 saturated carbocycles. The first-order valence-corrected chi connectivity index (χ1v) is 5.74. The maximum Gasteiger partial charge on any atom is 0.0457 e. The van der Waals surface area contributed by atoms with Gasteiger partial charge in [0.2, 0.25) is 0 Å². The van der Waals surface area contributed by atoms with E-state index < -0.39 is 0 Å². The van der Waals surface area contributed by atoms with Crippen molar-refractivity contribution in [1.29, 1.82) is 0 Å². The van der Waals surface area contributed by atoms with Crippen LogP contribution in [0.4, 0.5) is 0 Å². The van der Waals surface area contributed by atoms with Crippen LogP contribution in [0.25, 0.3) is 0 Å². The van der Waals surface area contributed by atoms with Gasteiger partial charge in [0.25, 0.3) is 0 Å². The molecule has 12 heavy (non-hydrogen) atoms. The highest BCUT2D eigenvalue weighted by atomic mass is 79.9. The molecule has 0 spiro atoms. The number of rotatable bonds is 1. The summed E-state index contributed by atoms with van der Waals surface area (Å²) < 4.78 is 1.14. The average molecular weight is 244 g/mol. The largest absolute Gasteiger partial charge is 0.326 e. The Hall–Kier alpha value is 0.01000. The van der Waals surface area contributed by atoms with Crippen LogP contribution in [0.3, 0.4) is 0 Å². The Morgan fingerprint density at radius 1 is 1.50 bits per heavy atom. The first-order valence-electron chi connectivity index (χ1n) is 3.90. The second kappa shape index (κ2) is 3.40. The summed E-state index contributed by atoms with van der Waals surface area (Å²) in [4.78, 5) is 0. The SMILES string of the molecule is NC1CSC1c1cccc(Br)c1. The van der Waals surface area contributed by atoms with Crippen molar-refractivity contribution in [1.82, 2.24) is 0 Å². The van der Waals surface area contributed by atoms with Crippen LogP contribution >= 0.6 is 27.7 Å². The van der Waals surface area contributed by atoms with Gasteiger partial charge in [-0.2, -0.15) is 11.8 Å². The lowest BCUT2D eigenvalue weighted by atomic mass is 10.1. The van der Waals surface area contributed by atoms with Gasteiger partial charge in [-0.15, -0.1) is 0 Å². The van der Waals surface area contributed by atoms with Gasteiger partial charge in [0.1, 0.15) is 0 Å². The van der Waals surface area contributed by atoms with Crippen LogP contribution in [0.2, 0.25) is 0 Å². The maximum atomic E-state index is 5.87.